The van der Waals surface area contributed by atoms with Crippen LogP contribution < -0.4 is 5.43 Å². The second kappa shape index (κ2) is 12.1. The minimum Gasteiger partial charge on any atom is -0.481 e. The molecule has 41 heavy (non-hydrogen) atoms. The molecule has 0 amide bonds. The Kier molecular flexibility index (Phi) is 9.09. The van der Waals surface area contributed by atoms with Crippen LogP contribution in [0.25, 0.3) is 0 Å². The second-order valence-electron chi connectivity index (χ2n) is 13.8. The minimum atomic E-state index is -0.841. The first-order chi connectivity index (χ1) is 19.3. The number of carbonyl (C=O) groups is 1. The van der Waals surface area contributed by atoms with Crippen LogP contribution in [0, 0.1) is 66.6 Å². The Labute approximate surface area is 242 Å². The minimum absolute atomic E-state index is 0.0349. The molecule has 2 N–H and O–H groups in total. The fraction of sp³-hybridized carbons (Fsp3) is 0.742. The van der Waals surface area contributed by atoms with Gasteiger partial charge in [-0.15, -0.1) is 0 Å². The van der Waals surface area contributed by atoms with E-state index >= 15 is 0 Å². The molecule has 3 saturated carbocycles. The molecule has 7 unspecified atom stereocenters. The van der Waals surface area contributed by atoms with Gasteiger partial charge in [-0.3, -0.25) is 30.4 Å². The third kappa shape index (κ3) is 6.11. The van der Waals surface area contributed by atoms with Gasteiger partial charge in [-0.25, -0.2) is 0 Å². The van der Waals surface area contributed by atoms with Crippen molar-refractivity contribution < 1.29 is 19.7 Å². The lowest BCUT2D eigenvalue weighted by molar-refractivity contribution is -0.393. The van der Waals surface area contributed by atoms with Crippen LogP contribution in [0.5, 0.6) is 0 Å². The van der Waals surface area contributed by atoms with E-state index in [0.29, 0.717) is 47.8 Å². The van der Waals surface area contributed by atoms with E-state index in [-0.39, 0.29) is 17.8 Å². The van der Waals surface area contributed by atoms with E-state index in [1.165, 1.54) is 37.8 Å². The van der Waals surface area contributed by atoms with Crippen LogP contribution in [-0.2, 0) is 4.79 Å². The van der Waals surface area contributed by atoms with E-state index < -0.39 is 26.9 Å². The highest BCUT2D eigenvalue weighted by molar-refractivity contribution is 5.92. The Hall–Kier alpha value is -3.04. The summed E-state index contributed by atoms with van der Waals surface area (Å²) >= 11 is 0. The highest BCUT2D eigenvalue weighted by Crippen LogP contribution is 2.66. The number of rotatable bonds is 11. The van der Waals surface area contributed by atoms with Crippen LogP contribution in [0.2, 0.25) is 0 Å². The standard InChI is InChI=1S/C31H46N4O6/c1-19(2)6-7-20(3)23-10-11-24-22-9-13-28(31(5,17-15-29(36)37)25(22)14-16-30(23,24)4)33-32-26-12-8-21(34(38)39)18-27(26)35(40)41/h8,12,18-20,22-25,32H,6-7,9-11,13-17H2,1-5H3,(H,36,37)/b33-28+. The summed E-state index contributed by atoms with van der Waals surface area (Å²) in [5.41, 5.74) is 2.85. The number of hydrogen-bond donors (Lipinski definition) is 2. The molecule has 226 valence electrons. The normalized spacial score (nSPS) is 32.8. The summed E-state index contributed by atoms with van der Waals surface area (Å²) in [5, 5.41) is 37.1. The number of benzene rings is 1. The maximum atomic E-state index is 11.7. The maximum absolute atomic E-state index is 11.7. The fourth-order valence-corrected chi connectivity index (χ4v) is 8.94. The van der Waals surface area contributed by atoms with Gasteiger partial charge in [0.15, 0.2) is 0 Å². The molecule has 0 bridgehead atoms. The number of nitrogens with zero attached hydrogens (tertiary/aromatic N) is 3. The van der Waals surface area contributed by atoms with Crippen molar-refractivity contribution in [3.63, 3.8) is 0 Å². The van der Waals surface area contributed by atoms with Crippen molar-refractivity contribution in [1.29, 1.82) is 0 Å². The summed E-state index contributed by atoms with van der Waals surface area (Å²) in [6, 6.07) is 3.46. The molecule has 0 aromatic heterocycles. The quantitative estimate of drug-likeness (QED) is 0.202. The monoisotopic (exact) mass is 570 g/mol. The first-order valence-corrected chi connectivity index (χ1v) is 15.3. The maximum Gasteiger partial charge on any atom is 0.303 e. The molecule has 1 aromatic carbocycles. The Morgan fingerprint density at radius 3 is 2.44 bits per heavy atom. The number of hydrogen-bond acceptors (Lipinski definition) is 7. The van der Waals surface area contributed by atoms with Crippen molar-refractivity contribution in [3.8, 4) is 0 Å². The van der Waals surface area contributed by atoms with Crippen LogP contribution in [0.4, 0.5) is 17.1 Å². The lowest BCUT2D eigenvalue weighted by Crippen LogP contribution is -2.53. The fourth-order valence-electron chi connectivity index (χ4n) is 8.94. The van der Waals surface area contributed by atoms with Crippen LogP contribution in [0.1, 0.15) is 98.8 Å². The van der Waals surface area contributed by atoms with Gasteiger partial charge in [-0.05, 0) is 91.9 Å². The lowest BCUT2D eigenvalue weighted by atomic mass is 9.47. The smallest absolute Gasteiger partial charge is 0.303 e. The Bertz CT molecular complexity index is 1200. The summed E-state index contributed by atoms with van der Waals surface area (Å²) in [4.78, 5) is 33.2. The third-order valence-electron chi connectivity index (χ3n) is 11.1. The largest absolute Gasteiger partial charge is 0.481 e. The molecule has 0 heterocycles. The average Bonchev–Trinajstić information content (AvgIpc) is 3.27. The van der Waals surface area contributed by atoms with Crippen molar-refractivity contribution in [2.45, 2.75) is 98.8 Å². The van der Waals surface area contributed by atoms with Gasteiger partial charge in [-0.1, -0.05) is 47.5 Å². The van der Waals surface area contributed by atoms with E-state index in [0.717, 1.165) is 37.0 Å². The van der Waals surface area contributed by atoms with Crippen molar-refractivity contribution in [2.75, 3.05) is 5.43 Å². The number of carboxylic acids is 1. The summed E-state index contributed by atoms with van der Waals surface area (Å²) in [6.45, 7) is 11.7. The predicted molar refractivity (Wildman–Crippen MR) is 159 cm³/mol. The average molecular weight is 571 g/mol. The number of non-ortho nitro benzene ring substituents is 1. The zero-order valence-corrected chi connectivity index (χ0v) is 25.1. The van der Waals surface area contributed by atoms with E-state index in [1.807, 2.05) is 0 Å². The zero-order chi connectivity index (χ0) is 30.1. The molecule has 0 aliphatic heterocycles. The molecular weight excluding hydrogens is 524 g/mol. The number of carboxylic acid groups (broad SMARTS) is 1. The Morgan fingerprint density at radius 2 is 1.80 bits per heavy atom. The van der Waals surface area contributed by atoms with Gasteiger partial charge in [0.2, 0.25) is 0 Å². The third-order valence-corrected chi connectivity index (χ3v) is 11.1. The first kappa shape index (κ1) is 30.9. The highest BCUT2D eigenvalue weighted by atomic mass is 16.6. The van der Waals surface area contributed by atoms with Crippen molar-refractivity contribution in [1.82, 2.24) is 0 Å². The Balaban J connectivity index is 1.61. The zero-order valence-electron chi connectivity index (χ0n) is 25.1. The Morgan fingerprint density at radius 1 is 1.07 bits per heavy atom. The van der Waals surface area contributed by atoms with Crippen LogP contribution in [0.3, 0.4) is 0 Å². The second-order valence-corrected chi connectivity index (χ2v) is 13.8. The molecule has 10 heteroatoms. The van der Waals surface area contributed by atoms with Crippen molar-refractivity contribution >= 4 is 28.7 Å². The van der Waals surface area contributed by atoms with Gasteiger partial charge in [0.05, 0.1) is 15.9 Å². The van der Waals surface area contributed by atoms with Crippen molar-refractivity contribution in [3.05, 3.63) is 38.4 Å². The van der Waals surface area contributed by atoms with Gasteiger partial charge < -0.3 is 5.11 Å². The van der Waals surface area contributed by atoms with Gasteiger partial charge >= 0.3 is 11.7 Å². The molecule has 1 aromatic rings. The topological polar surface area (TPSA) is 148 Å². The molecule has 0 spiro atoms. The van der Waals surface area contributed by atoms with Gasteiger partial charge in [-0.2, -0.15) is 5.10 Å². The number of aliphatic carboxylic acids is 1. The molecule has 3 fully saturated rings. The number of nitro benzene ring substituents is 2. The van der Waals surface area contributed by atoms with Crippen molar-refractivity contribution in [2.24, 2.45) is 51.4 Å². The van der Waals surface area contributed by atoms with E-state index in [2.05, 4.69) is 45.1 Å². The van der Waals surface area contributed by atoms with Crippen LogP contribution in [-0.4, -0.2) is 26.6 Å². The molecule has 0 radical (unpaired) electrons. The lowest BCUT2D eigenvalue weighted by Gasteiger charge is -2.57. The molecule has 4 rings (SSSR count). The van der Waals surface area contributed by atoms with E-state index in [1.54, 1.807) is 0 Å². The molecular formula is C31H46N4O6. The predicted octanol–water partition coefficient (Wildman–Crippen LogP) is 8.07. The van der Waals surface area contributed by atoms with Crippen LogP contribution >= 0.6 is 0 Å². The SMILES string of the molecule is CC(C)CCC(C)C1CCC2C3CC/C(=N\Nc4ccc([N+](=O)[O-])cc4[N+](=O)[O-])C(C)(CCC(=O)O)C3CCC12C. The van der Waals surface area contributed by atoms with Crippen LogP contribution in [0.15, 0.2) is 23.3 Å². The number of fused-ring (bicyclic) bond motifs is 3. The first-order valence-electron chi connectivity index (χ1n) is 15.3. The van der Waals surface area contributed by atoms with Gasteiger partial charge in [0, 0.05) is 23.6 Å². The molecule has 10 nitrogen and oxygen atoms in total. The summed E-state index contributed by atoms with van der Waals surface area (Å²) in [5.74, 6) is 2.70. The van der Waals surface area contributed by atoms with E-state index in [9.17, 15) is 30.1 Å². The molecule has 3 aliphatic rings. The van der Waals surface area contributed by atoms with Gasteiger partial charge in [0.1, 0.15) is 5.69 Å². The molecule has 7 atom stereocenters. The molecule has 3 aliphatic carbocycles. The van der Waals surface area contributed by atoms with E-state index in [4.69, 9.17) is 0 Å². The summed E-state index contributed by atoms with van der Waals surface area (Å²) < 4.78 is 0. The number of anilines is 1. The molecule has 0 saturated heterocycles. The highest BCUT2D eigenvalue weighted by Gasteiger charge is 2.59. The number of hydrazone groups is 1. The van der Waals surface area contributed by atoms with Gasteiger partial charge in [0.25, 0.3) is 5.69 Å². The number of nitrogens with one attached hydrogen (secondary N) is 1. The number of nitro groups is 2. The summed E-state index contributed by atoms with van der Waals surface area (Å²) in [6.07, 6.45) is 9.35. The summed E-state index contributed by atoms with van der Waals surface area (Å²) in [7, 11) is 0.